The fourth-order valence-electron chi connectivity index (χ4n) is 3.00. The van der Waals surface area contributed by atoms with Crippen molar-refractivity contribution in [3.63, 3.8) is 0 Å². The van der Waals surface area contributed by atoms with Crippen LogP contribution in [-0.4, -0.2) is 62.5 Å². The molecule has 0 atom stereocenters. The monoisotopic (exact) mass is 504 g/mol. The number of nitrogens with zero attached hydrogens (tertiary/aromatic N) is 2. The number of hydrogen-bond donors (Lipinski definition) is 0. The minimum atomic E-state index is -0.543. The third-order valence-electron chi connectivity index (χ3n) is 4.58. The number of amidine groups is 1. The normalized spacial score (nSPS) is 15.8. The van der Waals surface area contributed by atoms with Gasteiger partial charge in [-0.1, -0.05) is 29.8 Å². The van der Waals surface area contributed by atoms with Crippen LogP contribution in [0.25, 0.3) is 6.08 Å². The fourth-order valence-corrected chi connectivity index (χ4v) is 4.30. The molecule has 1 aliphatic heterocycles. The van der Waals surface area contributed by atoms with E-state index < -0.39 is 5.97 Å². The number of aliphatic imine (C=N–C) groups is 1. The smallest absolute Gasteiger partial charge is 0.343 e. The van der Waals surface area contributed by atoms with E-state index >= 15 is 0 Å². The number of amides is 1. The molecule has 3 rings (SSSR count). The van der Waals surface area contributed by atoms with Crippen LogP contribution >= 0.6 is 23.4 Å². The standard InChI is InChI=1S/C24H25ClN2O6S/c1-4-32-19-13-16(12-18(25)22(19)33-15-21(28)31-3)14-20-23(29)27(10-11-30-2)24(34-20)26-17-8-6-5-7-9-17/h5-9,12-14H,4,10-11,15H2,1-3H3/b20-14+,26-24?. The van der Waals surface area contributed by atoms with Crippen LogP contribution in [0.4, 0.5) is 5.69 Å². The first-order valence-electron chi connectivity index (χ1n) is 10.5. The largest absolute Gasteiger partial charge is 0.490 e. The van der Waals surface area contributed by atoms with Crippen LogP contribution in [0, 0.1) is 0 Å². The van der Waals surface area contributed by atoms with Gasteiger partial charge in [0.25, 0.3) is 5.91 Å². The molecule has 0 radical (unpaired) electrons. The van der Waals surface area contributed by atoms with Gasteiger partial charge in [0.15, 0.2) is 23.3 Å². The fraction of sp³-hybridized carbons (Fsp3) is 0.292. The average molecular weight is 505 g/mol. The van der Waals surface area contributed by atoms with Crippen LogP contribution in [0.15, 0.2) is 52.4 Å². The molecule has 1 amide bonds. The van der Waals surface area contributed by atoms with Crippen molar-refractivity contribution in [2.75, 3.05) is 40.6 Å². The summed E-state index contributed by atoms with van der Waals surface area (Å²) < 4.78 is 20.9. The number of para-hydroxylation sites is 1. The van der Waals surface area contributed by atoms with Crippen molar-refractivity contribution >= 4 is 52.2 Å². The van der Waals surface area contributed by atoms with Gasteiger partial charge in [-0.25, -0.2) is 9.79 Å². The highest BCUT2D eigenvalue weighted by Gasteiger charge is 2.33. The predicted molar refractivity (Wildman–Crippen MR) is 133 cm³/mol. The van der Waals surface area contributed by atoms with Gasteiger partial charge in [0.2, 0.25) is 0 Å². The molecular formula is C24H25ClN2O6S. The highest BCUT2D eigenvalue weighted by atomic mass is 35.5. The van der Waals surface area contributed by atoms with Crippen molar-refractivity contribution in [3.8, 4) is 11.5 Å². The van der Waals surface area contributed by atoms with E-state index in [1.54, 1.807) is 30.2 Å². The van der Waals surface area contributed by atoms with E-state index in [0.29, 0.717) is 41.1 Å². The number of rotatable bonds is 10. The Labute approximate surface area is 207 Å². The lowest BCUT2D eigenvalue weighted by atomic mass is 10.1. The number of carbonyl (C=O) groups excluding carboxylic acids is 2. The third-order valence-corrected chi connectivity index (χ3v) is 5.87. The quantitative estimate of drug-likeness (QED) is 0.347. The molecule has 1 heterocycles. The molecule has 0 spiro atoms. The third kappa shape index (κ3) is 6.53. The zero-order chi connectivity index (χ0) is 24.5. The highest BCUT2D eigenvalue weighted by molar-refractivity contribution is 8.18. The Morgan fingerprint density at radius 1 is 1.18 bits per heavy atom. The van der Waals surface area contributed by atoms with E-state index in [0.717, 1.165) is 5.69 Å². The Morgan fingerprint density at radius 3 is 2.62 bits per heavy atom. The van der Waals surface area contributed by atoms with E-state index in [1.807, 2.05) is 37.3 Å². The lowest BCUT2D eigenvalue weighted by molar-refractivity contribution is -0.142. The molecule has 0 aromatic heterocycles. The number of thioether (sulfide) groups is 1. The second-order valence-corrected chi connectivity index (χ2v) is 8.33. The number of ether oxygens (including phenoxy) is 4. The van der Waals surface area contributed by atoms with Crippen LogP contribution in [0.5, 0.6) is 11.5 Å². The Kier molecular flexibility index (Phi) is 9.38. The van der Waals surface area contributed by atoms with Crippen LogP contribution in [0.2, 0.25) is 5.02 Å². The maximum Gasteiger partial charge on any atom is 0.343 e. The van der Waals surface area contributed by atoms with Gasteiger partial charge >= 0.3 is 5.97 Å². The molecule has 0 N–H and O–H groups in total. The van der Waals surface area contributed by atoms with Crippen molar-refractivity contribution in [3.05, 3.63) is 58.0 Å². The van der Waals surface area contributed by atoms with Crippen molar-refractivity contribution in [1.82, 2.24) is 4.90 Å². The maximum absolute atomic E-state index is 13.1. The topological polar surface area (TPSA) is 86.7 Å². The molecule has 34 heavy (non-hydrogen) atoms. The molecular weight excluding hydrogens is 480 g/mol. The van der Waals surface area contributed by atoms with Crippen LogP contribution < -0.4 is 9.47 Å². The average Bonchev–Trinajstić information content (AvgIpc) is 3.11. The Hall–Kier alpha value is -3.01. The molecule has 0 unspecified atom stereocenters. The second-order valence-electron chi connectivity index (χ2n) is 6.92. The summed E-state index contributed by atoms with van der Waals surface area (Å²) in [4.78, 5) is 31.3. The zero-order valence-electron chi connectivity index (χ0n) is 19.1. The van der Waals surface area contributed by atoms with Crippen molar-refractivity contribution in [2.45, 2.75) is 6.92 Å². The Balaban J connectivity index is 1.93. The molecule has 2 aromatic rings. The first-order valence-corrected chi connectivity index (χ1v) is 11.7. The second kappa shape index (κ2) is 12.5. The minimum Gasteiger partial charge on any atom is -0.490 e. The van der Waals surface area contributed by atoms with Gasteiger partial charge in [0.1, 0.15) is 0 Å². The van der Waals surface area contributed by atoms with Crippen LogP contribution in [0.1, 0.15) is 12.5 Å². The summed E-state index contributed by atoms with van der Waals surface area (Å²) in [5.74, 6) is -0.138. The SMILES string of the molecule is CCOc1cc(/C=C2/SC(=Nc3ccccc3)N(CCOC)C2=O)cc(Cl)c1OCC(=O)OC. The van der Waals surface area contributed by atoms with Gasteiger partial charge < -0.3 is 18.9 Å². The number of carbonyl (C=O) groups is 2. The molecule has 10 heteroatoms. The lowest BCUT2D eigenvalue weighted by Crippen LogP contribution is -2.32. The highest BCUT2D eigenvalue weighted by Crippen LogP contribution is 2.39. The number of halogens is 1. The summed E-state index contributed by atoms with van der Waals surface area (Å²) in [5.41, 5.74) is 1.39. The summed E-state index contributed by atoms with van der Waals surface area (Å²) in [7, 11) is 2.85. The molecule has 8 nitrogen and oxygen atoms in total. The number of esters is 1. The van der Waals surface area contributed by atoms with Crippen LogP contribution in [-0.2, 0) is 19.1 Å². The summed E-state index contributed by atoms with van der Waals surface area (Å²) >= 11 is 7.69. The lowest BCUT2D eigenvalue weighted by Gasteiger charge is -2.15. The van der Waals surface area contributed by atoms with Gasteiger partial charge in [-0.15, -0.1) is 0 Å². The van der Waals surface area contributed by atoms with E-state index in [-0.39, 0.29) is 23.3 Å². The minimum absolute atomic E-state index is 0.183. The Morgan fingerprint density at radius 2 is 1.94 bits per heavy atom. The molecule has 180 valence electrons. The maximum atomic E-state index is 13.1. The molecule has 1 fully saturated rings. The molecule has 0 saturated carbocycles. The van der Waals surface area contributed by atoms with Gasteiger partial charge in [-0.3, -0.25) is 9.69 Å². The van der Waals surface area contributed by atoms with Crippen molar-refractivity contribution in [1.29, 1.82) is 0 Å². The van der Waals surface area contributed by atoms with Gasteiger partial charge in [0, 0.05) is 7.11 Å². The molecule has 0 bridgehead atoms. The summed E-state index contributed by atoms with van der Waals surface area (Å²) in [6, 6.07) is 12.8. The summed E-state index contributed by atoms with van der Waals surface area (Å²) in [6.07, 6.45) is 1.72. The van der Waals surface area contributed by atoms with Crippen molar-refractivity contribution < 1.29 is 28.5 Å². The molecule has 2 aromatic carbocycles. The Bertz CT molecular complexity index is 1090. The summed E-state index contributed by atoms with van der Waals surface area (Å²) in [6.45, 7) is 2.62. The number of benzene rings is 2. The number of hydrogen-bond acceptors (Lipinski definition) is 8. The molecule has 1 saturated heterocycles. The van der Waals surface area contributed by atoms with Crippen LogP contribution in [0.3, 0.4) is 0 Å². The zero-order valence-corrected chi connectivity index (χ0v) is 20.6. The van der Waals surface area contributed by atoms with Gasteiger partial charge in [-0.05, 0) is 54.6 Å². The van der Waals surface area contributed by atoms with E-state index in [9.17, 15) is 9.59 Å². The number of methoxy groups -OCH3 is 2. The van der Waals surface area contributed by atoms with E-state index in [1.165, 1.54) is 18.9 Å². The predicted octanol–water partition coefficient (Wildman–Crippen LogP) is 4.54. The molecule has 1 aliphatic rings. The van der Waals surface area contributed by atoms with E-state index in [4.69, 9.17) is 25.8 Å². The van der Waals surface area contributed by atoms with Crippen molar-refractivity contribution in [2.24, 2.45) is 4.99 Å². The van der Waals surface area contributed by atoms with Gasteiger partial charge in [0.05, 0.1) is 42.5 Å². The first-order chi connectivity index (χ1) is 16.5. The first kappa shape index (κ1) is 25.6. The molecule has 0 aliphatic carbocycles. The van der Waals surface area contributed by atoms with E-state index in [2.05, 4.69) is 9.73 Å². The van der Waals surface area contributed by atoms with Gasteiger partial charge in [-0.2, -0.15) is 0 Å². The summed E-state index contributed by atoms with van der Waals surface area (Å²) in [5, 5.41) is 0.806.